The third kappa shape index (κ3) is 4.05. The molecule has 2 aromatic carbocycles. The molecule has 6 nitrogen and oxygen atoms in total. The van der Waals surface area contributed by atoms with E-state index >= 15 is 0 Å². The van der Waals surface area contributed by atoms with Crippen LogP contribution in [-0.4, -0.2) is 44.9 Å². The number of hydrogen-bond acceptors (Lipinski definition) is 5. The maximum absolute atomic E-state index is 13.0. The summed E-state index contributed by atoms with van der Waals surface area (Å²) >= 11 is 0. The summed E-state index contributed by atoms with van der Waals surface area (Å²) < 4.78 is 32.5. The molecular weight excluding hydrogens is 364 g/mol. The summed E-state index contributed by atoms with van der Waals surface area (Å²) in [5.74, 6) is -0.319. The molecule has 0 saturated carbocycles. The lowest BCUT2D eigenvalue weighted by Crippen LogP contribution is -2.30. The van der Waals surface area contributed by atoms with Crippen LogP contribution in [0.25, 0.3) is 0 Å². The number of hydrogen-bond donors (Lipinski definition) is 1. The van der Waals surface area contributed by atoms with Crippen molar-refractivity contribution < 1.29 is 17.9 Å². The Balaban J connectivity index is 1.82. The summed E-state index contributed by atoms with van der Waals surface area (Å²) in [6.07, 6.45) is 0. The van der Waals surface area contributed by atoms with Crippen LogP contribution >= 0.6 is 0 Å². The molecule has 27 heavy (non-hydrogen) atoms. The Labute approximate surface area is 160 Å². The third-order valence-electron chi connectivity index (χ3n) is 4.94. The topological polar surface area (TPSA) is 89.7 Å². The molecule has 1 aliphatic heterocycles. The van der Waals surface area contributed by atoms with E-state index in [0.717, 1.165) is 5.56 Å². The number of benzene rings is 2. The number of carbonyl (C=O) groups excluding carboxylic acids is 1. The lowest BCUT2D eigenvalue weighted by Gasteiger charge is -2.17. The first-order valence-electron chi connectivity index (χ1n) is 8.99. The normalized spacial score (nSPS) is 20.5. The van der Waals surface area contributed by atoms with Crippen molar-refractivity contribution in [1.82, 2.24) is 4.31 Å². The van der Waals surface area contributed by atoms with Crippen LogP contribution < -0.4 is 5.73 Å². The van der Waals surface area contributed by atoms with Gasteiger partial charge in [-0.2, -0.15) is 4.31 Å². The van der Waals surface area contributed by atoms with Crippen molar-refractivity contribution in [2.45, 2.75) is 17.7 Å². The molecule has 0 bridgehead atoms. The molecular formula is C20H24N2O4S. The second-order valence-electron chi connectivity index (χ2n) is 6.58. The highest BCUT2D eigenvalue weighted by atomic mass is 32.2. The van der Waals surface area contributed by atoms with E-state index in [9.17, 15) is 13.2 Å². The zero-order valence-corrected chi connectivity index (χ0v) is 16.1. The predicted octanol–water partition coefficient (Wildman–Crippen LogP) is 2.23. The van der Waals surface area contributed by atoms with E-state index in [0.29, 0.717) is 25.2 Å². The summed E-state index contributed by atoms with van der Waals surface area (Å²) in [6.45, 7) is 3.20. The average Bonchev–Trinajstić information content (AvgIpc) is 3.14. The zero-order valence-electron chi connectivity index (χ0n) is 15.2. The fraction of sp³-hybridized carbons (Fsp3) is 0.350. The molecule has 0 unspecified atom stereocenters. The first kappa shape index (κ1) is 19.5. The van der Waals surface area contributed by atoms with E-state index in [1.807, 2.05) is 30.3 Å². The third-order valence-corrected chi connectivity index (χ3v) is 6.79. The Morgan fingerprint density at radius 3 is 2.37 bits per heavy atom. The highest BCUT2D eigenvalue weighted by molar-refractivity contribution is 7.89. The molecule has 0 radical (unpaired) electrons. The number of nitrogens with zero attached hydrogens (tertiary/aromatic N) is 1. The van der Waals surface area contributed by atoms with Crippen LogP contribution in [0.2, 0.25) is 0 Å². The lowest BCUT2D eigenvalue weighted by atomic mass is 9.89. The largest absolute Gasteiger partial charge is 0.462 e. The van der Waals surface area contributed by atoms with Crippen molar-refractivity contribution in [3.8, 4) is 0 Å². The van der Waals surface area contributed by atoms with Gasteiger partial charge in [-0.15, -0.1) is 0 Å². The monoisotopic (exact) mass is 388 g/mol. The molecule has 1 saturated heterocycles. The molecule has 1 aliphatic rings. The summed E-state index contributed by atoms with van der Waals surface area (Å²) in [5.41, 5.74) is 7.35. The number of ether oxygens (including phenoxy) is 1. The van der Waals surface area contributed by atoms with E-state index in [4.69, 9.17) is 10.5 Å². The van der Waals surface area contributed by atoms with Gasteiger partial charge in [-0.05, 0) is 49.2 Å². The van der Waals surface area contributed by atoms with Gasteiger partial charge in [0.05, 0.1) is 17.1 Å². The standard InChI is InChI=1S/C20H24N2O4S/c1-2-26-20(23)16-8-10-18(11-9-16)27(24,25)22-13-17(12-21)19(14-22)15-6-4-3-5-7-15/h3-11,17,19H,2,12-14,21H2,1H3/t17-,19+/m1/s1. The van der Waals surface area contributed by atoms with Crippen LogP contribution in [0.3, 0.4) is 0 Å². The van der Waals surface area contributed by atoms with Gasteiger partial charge in [-0.3, -0.25) is 0 Å². The fourth-order valence-corrected chi connectivity index (χ4v) is 4.99. The highest BCUT2D eigenvalue weighted by Gasteiger charge is 2.39. The molecule has 2 aromatic rings. The van der Waals surface area contributed by atoms with E-state index in [-0.39, 0.29) is 23.3 Å². The maximum atomic E-state index is 13.0. The minimum atomic E-state index is -3.65. The van der Waals surface area contributed by atoms with Gasteiger partial charge in [-0.1, -0.05) is 30.3 Å². The number of rotatable bonds is 6. The van der Waals surface area contributed by atoms with Gasteiger partial charge < -0.3 is 10.5 Å². The van der Waals surface area contributed by atoms with Gasteiger partial charge in [0.25, 0.3) is 0 Å². The lowest BCUT2D eigenvalue weighted by molar-refractivity contribution is 0.0526. The summed E-state index contributed by atoms with van der Waals surface area (Å²) in [7, 11) is -3.65. The van der Waals surface area contributed by atoms with E-state index in [2.05, 4.69) is 0 Å². The van der Waals surface area contributed by atoms with Gasteiger partial charge in [0.2, 0.25) is 10.0 Å². The Morgan fingerprint density at radius 1 is 1.11 bits per heavy atom. The molecule has 0 amide bonds. The van der Waals surface area contributed by atoms with Crippen molar-refractivity contribution in [2.75, 3.05) is 26.2 Å². The van der Waals surface area contributed by atoms with Crippen LogP contribution in [0, 0.1) is 5.92 Å². The quantitative estimate of drug-likeness (QED) is 0.767. The Hall–Kier alpha value is -2.22. The SMILES string of the molecule is CCOC(=O)c1ccc(S(=O)(=O)N2C[C@@H](CN)[C@H](c3ccccc3)C2)cc1. The Bertz CT molecular complexity index is 882. The minimum absolute atomic E-state index is 0.0704. The van der Waals surface area contributed by atoms with Gasteiger partial charge in [0.15, 0.2) is 0 Å². The van der Waals surface area contributed by atoms with E-state index in [1.165, 1.54) is 28.6 Å². The minimum Gasteiger partial charge on any atom is -0.462 e. The van der Waals surface area contributed by atoms with Crippen molar-refractivity contribution in [2.24, 2.45) is 11.7 Å². The van der Waals surface area contributed by atoms with Gasteiger partial charge in [-0.25, -0.2) is 13.2 Å². The van der Waals surface area contributed by atoms with Crippen molar-refractivity contribution >= 4 is 16.0 Å². The first-order valence-corrected chi connectivity index (χ1v) is 10.4. The van der Waals surface area contributed by atoms with Crippen molar-refractivity contribution in [1.29, 1.82) is 0 Å². The Morgan fingerprint density at radius 2 is 1.78 bits per heavy atom. The first-order chi connectivity index (χ1) is 13.0. The second kappa shape index (κ2) is 8.21. The molecule has 2 atom stereocenters. The molecule has 0 aromatic heterocycles. The number of sulfonamides is 1. The fourth-order valence-electron chi connectivity index (χ4n) is 3.47. The number of nitrogens with two attached hydrogens (primary N) is 1. The average molecular weight is 388 g/mol. The van der Waals surface area contributed by atoms with Gasteiger partial charge >= 0.3 is 5.97 Å². The van der Waals surface area contributed by atoms with Crippen LogP contribution in [0.5, 0.6) is 0 Å². The number of carbonyl (C=O) groups is 1. The molecule has 1 heterocycles. The molecule has 0 spiro atoms. The summed E-state index contributed by atoms with van der Waals surface area (Å²) in [4.78, 5) is 11.9. The summed E-state index contributed by atoms with van der Waals surface area (Å²) in [5, 5.41) is 0. The van der Waals surface area contributed by atoms with Crippen LogP contribution in [-0.2, 0) is 14.8 Å². The molecule has 2 N–H and O–H groups in total. The van der Waals surface area contributed by atoms with Crippen molar-refractivity contribution in [3.05, 3.63) is 65.7 Å². The van der Waals surface area contributed by atoms with Crippen LogP contribution in [0.15, 0.2) is 59.5 Å². The molecule has 3 rings (SSSR count). The van der Waals surface area contributed by atoms with Crippen LogP contribution in [0.1, 0.15) is 28.8 Å². The highest BCUT2D eigenvalue weighted by Crippen LogP contribution is 2.35. The Kier molecular flexibility index (Phi) is 5.94. The zero-order chi connectivity index (χ0) is 19.4. The van der Waals surface area contributed by atoms with E-state index < -0.39 is 16.0 Å². The molecule has 1 fully saturated rings. The summed E-state index contributed by atoms with van der Waals surface area (Å²) in [6, 6.07) is 15.7. The maximum Gasteiger partial charge on any atom is 0.338 e. The van der Waals surface area contributed by atoms with Gasteiger partial charge in [0.1, 0.15) is 0 Å². The molecule has 144 valence electrons. The van der Waals surface area contributed by atoms with Gasteiger partial charge in [0, 0.05) is 19.0 Å². The molecule has 7 heteroatoms. The predicted molar refractivity (Wildman–Crippen MR) is 103 cm³/mol. The van der Waals surface area contributed by atoms with Crippen LogP contribution in [0.4, 0.5) is 0 Å². The van der Waals surface area contributed by atoms with Crippen molar-refractivity contribution in [3.63, 3.8) is 0 Å². The second-order valence-corrected chi connectivity index (χ2v) is 8.52. The number of esters is 1. The molecule has 0 aliphatic carbocycles. The van der Waals surface area contributed by atoms with E-state index in [1.54, 1.807) is 6.92 Å². The smallest absolute Gasteiger partial charge is 0.338 e.